The molecule has 17 heavy (non-hydrogen) atoms. The quantitative estimate of drug-likeness (QED) is 0.737. The molecule has 0 radical (unpaired) electrons. The molecule has 0 aromatic carbocycles. The van der Waals surface area contributed by atoms with E-state index in [1.807, 2.05) is 12.4 Å². The lowest BCUT2D eigenvalue weighted by atomic mass is 9.93. The van der Waals surface area contributed by atoms with Crippen LogP contribution in [0.25, 0.3) is 0 Å². The maximum atomic E-state index is 4.54. The van der Waals surface area contributed by atoms with Gasteiger partial charge in [0.1, 0.15) is 5.82 Å². The Morgan fingerprint density at radius 1 is 1.00 bits per heavy atom. The van der Waals surface area contributed by atoms with Gasteiger partial charge in [-0.25, -0.2) is 4.98 Å². The highest BCUT2D eigenvalue weighted by atomic mass is 15.3. The normalized spacial score (nSPS) is 18.5. The van der Waals surface area contributed by atoms with Crippen molar-refractivity contribution in [2.45, 2.75) is 26.2 Å². The fraction of sp³-hybridized carbons (Fsp3) is 0.692. The molecule has 0 spiro atoms. The summed E-state index contributed by atoms with van der Waals surface area (Å²) < 4.78 is 0. The molecule has 1 aromatic heterocycles. The van der Waals surface area contributed by atoms with Crippen molar-refractivity contribution in [1.29, 1.82) is 0 Å². The molecule has 4 nitrogen and oxygen atoms in total. The molecule has 1 aliphatic rings. The summed E-state index contributed by atoms with van der Waals surface area (Å²) in [5.74, 6) is 1.01. The standard InChI is InChI=1S/C13H22N4/c1-13(2,3)11-9-15-12(10-14-11)17-7-5-16(4)6-8-17/h9-10H,5-8H2,1-4H3. The summed E-state index contributed by atoms with van der Waals surface area (Å²) >= 11 is 0. The van der Waals surface area contributed by atoms with E-state index in [1.54, 1.807) is 0 Å². The minimum atomic E-state index is 0.0770. The number of nitrogens with zero attached hydrogens (tertiary/aromatic N) is 4. The van der Waals surface area contributed by atoms with Crippen LogP contribution >= 0.6 is 0 Å². The second-order valence-electron chi connectivity index (χ2n) is 5.80. The van der Waals surface area contributed by atoms with Gasteiger partial charge in [-0.15, -0.1) is 0 Å². The van der Waals surface area contributed by atoms with Crippen molar-refractivity contribution >= 4 is 5.82 Å². The van der Waals surface area contributed by atoms with Crippen LogP contribution in [-0.2, 0) is 5.41 Å². The molecule has 0 aliphatic carbocycles. The molecule has 1 fully saturated rings. The Kier molecular flexibility index (Phi) is 3.33. The molecule has 0 atom stereocenters. The summed E-state index contributed by atoms with van der Waals surface area (Å²) in [5.41, 5.74) is 1.13. The Balaban J connectivity index is 2.08. The number of aromatic nitrogens is 2. The largest absolute Gasteiger partial charge is 0.353 e. The minimum Gasteiger partial charge on any atom is -0.353 e. The Morgan fingerprint density at radius 2 is 1.65 bits per heavy atom. The number of anilines is 1. The summed E-state index contributed by atoms with van der Waals surface area (Å²) in [6.07, 6.45) is 3.82. The van der Waals surface area contributed by atoms with Crippen molar-refractivity contribution in [3.63, 3.8) is 0 Å². The first-order valence-corrected chi connectivity index (χ1v) is 6.23. The van der Waals surface area contributed by atoms with E-state index in [-0.39, 0.29) is 5.41 Å². The molecule has 1 aromatic rings. The maximum Gasteiger partial charge on any atom is 0.147 e. The molecule has 4 heteroatoms. The number of piperazine rings is 1. The molecule has 0 amide bonds. The molecule has 1 saturated heterocycles. The Hall–Kier alpha value is -1.16. The first-order valence-electron chi connectivity index (χ1n) is 6.23. The van der Waals surface area contributed by atoms with E-state index < -0.39 is 0 Å². The van der Waals surface area contributed by atoms with Gasteiger partial charge in [0, 0.05) is 31.6 Å². The predicted octanol–water partition coefficient (Wildman–Crippen LogP) is 1.53. The molecule has 1 aliphatic heterocycles. The molecule has 0 saturated carbocycles. The molecule has 94 valence electrons. The highest BCUT2D eigenvalue weighted by Crippen LogP contribution is 2.20. The molecule has 0 unspecified atom stereocenters. The highest BCUT2D eigenvalue weighted by Gasteiger charge is 2.18. The Morgan fingerprint density at radius 3 is 2.12 bits per heavy atom. The zero-order valence-electron chi connectivity index (χ0n) is 11.3. The van der Waals surface area contributed by atoms with Crippen LogP contribution in [0.15, 0.2) is 12.4 Å². The fourth-order valence-electron chi connectivity index (χ4n) is 1.91. The third-order valence-corrected chi connectivity index (χ3v) is 3.23. The van der Waals surface area contributed by atoms with Crippen LogP contribution in [0.4, 0.5) is 5.82 Å². The number of likely N-dealkylation sites (N-methyl/N-ethyl adjacent to an activating group) is 1. The predicted molar refractivity (Wildman–Crippen MR) is 70.4 cm³/mol. The first kappa shape index (κ1) is 12.3. The van der Waals surface area contributed by atoms with Gasteiger partial charge in [-0.1, -0.05) is 20.8 Å². The highest BCUT2D eigenvalue weighted by molar-refractivity contribution is 5.37. The van der Waals surface area contributed by atoms with Crippen molar-refractivity contribution in [2.24, 2.45) is 0 Å². The van der Waals surface area contributed by atoms with Gasteiger partial charge in [0.25, 0.3) is 0 Å². The summed E-state index contributed by atoms with van der Waals surface area (Å²) in [4.78, 5) is 13.7. The SMILES string of the molecule is CN1CCN(c2cnc(C(C)(C)C)cn2)CC1. The van der Waals surface area contributed by atoms with E-state index >= 15 is 0 Å². The van der Waals surface area contributed by atoms with Gasteiger partial charge in [0.2, 0.25) is 0 Å². The number of rotatable bonds is 1. The second-order valence-corrected chi connectivity index (χ2v) is 5.80. The van der Waals surface area contributed by atoms with Crippen molar-refractivity contribution in [1.82, 2.24) is 14.9 Å². The lowest BCUT2D eigenvalue weighted by Gasteiger charge is -2.33. The molecule has 2 rings (SSSR count). The van der Waals surface area contributed by atoms with Crippen LogP contribution in [0.2, 0.25) is 0 Å². The van der Waals surface area contributed by atoms with E-state index in [4.69, 9.17) is 0 Å². The second kappa shape index (κ2) is 4.61. The van der Waals surface area contributed by atoms with Gasteiger partial charge in [-0.3, -0.25) is 4.98 Å². The first-order chi connectivity index (χ1) is 7.97. The number of hydrogen-bond acceptors (Lipinski definition) is 4. The average molecular weight is 234 g/mol. The van der Waals surface area contributed by atoms with Gasteiger partial charge in [-0.05, 0) is 7.05 Å². The lowest BCUT2D eigenvalue weighted by molar-refractivity contribution is 0.312. The summed E-state index contributed by atoms with van der Waals surface area (Å²) in [6, 6.07) is 0. The van der Waals surface area contributed by atoms with Crippen molar-refractivity contribution in [2.75, 3.05) is 38.1 Å². The van der Waals surface area contributed by atoms with Gasteiger partial charge in [0.15, 0.2) is 0 Å². The van der Waals surface area contributed by atoms with E-state index in [2.05, 4.69) is 47.6 Å². The molecule has 0 N–H and O–H groups in total. The average Bonchev–Trinajstić information content (AvgIpc) is 2.29. The Labute approximate surface area is 104 Å². The van der Waals surface area contributed by atoms with Crippen molar-refractivity contribution < 1.29 is 0 Å². The third kappa shape index (κ3) is 2.94. The van der Waals surface area contributed by atoms with E-state index in [1.165, 1.54) is 0 Å². The monoisotopic (exact) mass is 234 g/mol. The van der Waals surface area contributed by atoms with Crippen molar-refractivity contribution in [3.05, 3.63) is 18.1 Å². The van der Waals surface area contributed by atoms with Gasteiger partial charge in [-0.2, -0.15) is 0 Å². The van der Waals surface area contributed by atoms with E-state index in [9.17, 15) is 0 Å². The maximum absolute atomic E-state index is 4.54. The third-order valence-electron chi connectivity index (χ3n) is 3.23. The van der Waals surface area contributed by atoms with Gasteiger partial charge < -0.3 is 9.80 Å². The minimum absolute atomic E-state index is 0.0770. The summed E-state index contributed by atoms with van der Waals surface area (Å²) in [6.45, 7) is 10.8. The smallest absolute Gasteiger partial charge is 0.147 e. The molecular formula is C13H22N4. The van der Waals surface area contributed by atoms with E-state index in [0.29, 0.717) is 0 Å². The van der Waals surface area contributed by atoms with Crippen LogP contribution < -0.4 is 4.90 Å². The van der Waals surface area contributed by atoms with Crippen LogP contribution in [0.1, 0.15) is 26.5 Å². The zero-order valence-corrected chi connectivity index (χ0v) is 11.3. The van der Waals surface area contributed by atoms with Gasteiger partial charge >= 0.3 is 0 Å². The van der Waals surface area contributed by atoms with Crippen LogP contribution in [-0.4, -0.2) is 48.1 Å². The Bertz CT molecular complexity index is 358. The van der Waals surface area contributed by atoms with Crippen molar-refractivity contribution in [3.8, 4) is 0 Å². The van der Waals surface area contributed by atoms with Crippen LogP contribution in [0.5, 0.6) is 0 Å². The zero-order chi connectivity index (χ0) is 12.5. The topological polar surface area (TPSA) is 32.3 Å². The number of hydrogen-bond donors (Lipinski definition) is 0. The van der Waals surface area contributed by atoms with E-state index in [0.717, 1.165) is 37.7 Å². The molecule has 2 heterocycles. The van der Waals surface area contributed by atoms with Crippen LogP contribution in [0.3, 0.4) is 0 Å². The summed E-state index contributed by atoms with van der Waals surface area (Å²) in [7, 11) is 2.16. The fourth-order valence-corrected chi connectivity index (χ4v) is 1.91. The molecular weight excluding hydrogens is 212 g/mol. The summed E-state index contributed by atoms with van der Waals surface area (Å²) in [5, 5.41) is 0. The lowest BCUT2D eigenvalue weighted by Crippen LogP contribution is -2.44. The van der Waals surface area contributed by atoms with Gasteiger partial charge in [0.05, 0.1) is 18.1 Å². The van der Waals surface area contributed by atoms with Crippen LogP contribution in [0, 0.1) is 0 Å². The molecule has 0 bridgehead atoms.